The van der Waals surface area contributed by atoms with Crippen LogP contribution in [0.1, 0.15) is 18.4 Å². The highest BCUT2D eigenvalue weighted by atomic mass is 16.5. The van der Waals surface area contributed by atoms with Gasteiger partial charge in [-0.2, -0.15) is 0 Å². The summed E-state index contributed by atoms with van der Waals surface area (Å²) < 4.78 is 4.95. The number of nitrogens with zero attached hydrogens (tertiary/aromatic N) is 1. The molecule has 111 valence electrons. The number of carboxylic acids is 1. The Morgan fingerprint density at radius 1 is 1.33 bits per heavy atom. The lowest BCUT2D eigenvalue weighted by Crippen LogP contribution is -2.34. The van der Waals surface area contributed by atoms with Crippen LogP contribution in [0.25, 0.3) is 0 Å². The molecule has 0 aliphatic carbocycles. The normalized spacial score (nSPS) is 12.5. The smallest absolute Gasteiger partial charge is 0.328 e. The molecule has 1 aromatic carbocycles. The quantitative estimate of drug-likeness (QED) is 0.212. The van der Waals surface area contributed by atoms with Crippen LogP contribution in [0, 0.1) is 0 Å². The highest BCUT2D eigenvalue weighted by molar-refractivity contribution is 6.36. The van der Waals surface area contributed by atoms with Crippen molar-refractivity contribution in [3.05, 3.63) is 29.8 Å². The number of carboxylic acid groups (broad SMARTS) is 1. The molecule has 1 rings (SSSR count). The zero-order valence-corrected chi connectivity index (χ0v) is 10.9. The van der Waals surface area contributed by atoms with Gasteiger partial charge in [-0.15, -0.1) is 0 Å². The molecule has 1 radical (unpaired) electrons. The molecule has 0 amide bonds. The third kappa shape index (κ3) is 5.03. The fourth-order valence-electron chi connectivity index (χ4n) is 1.41. The number of oxime groups is 1. The monoisotopic (exact) mass is 293 g/mol. The number of carbonyl (C=O) groups excluding carboxylic acids is 2. The van der Waals surface area contributed by atoms with E-state index in [0.717, 1.165) is 0 Å². The maximum absolute atomic E-state index is 11.6. The van der Waals surface area contributed by atoms with Crippen molar-refractivity contribution in [3.63, 3.8) is 0 Å². The van der Waals surface area contributed by atoms with E-state index in [9.17, 15) is 14.4 Å². The van der Waals surface area contributed by atoms with E-state index in [0.29, 0.717) is 5.56 Å². The van der Waals surface area contributed by atoms with Gasteiger partial charge in [-0.25, -0.2) is 4.79 Å². The molecule has 21 heavy (non-hydrogen) atoms. The number of nitrogens with two attached hydrogens (primary N) is 1. The predicted molar refractivity (Wildman–Crippen MR) is 70.9 cm³/mol. The minimum atomic E-state index is -1.05. The zero-order chi connectivity index (χ0) is 15.8. The molecular weight excluding hydrogens is 280 g/mol. The Labute approximate surface area is 119 Å². The fourth-order valence-corrected chi connectivity index (χ4v) is 1.41. The highest BCUT2D eigenvalue weighted by Gasteiger charge is 2.17. The van der Waals surface area contributed by atoms with Crippen molar-refractivity contribution in [1.29, 1.82) is 0 Å². The minimum absolute atomic E-state index is 0.0341. The predicted octanol–water partition coefficient (Wildman–Crippen LogP) is 0.0721. The Bertz CT molecular complexity index is 552. The summed E-state index contributed by atoms with van der Waals surface area (Å²) in [4.78, 5) is 32.4. The van der Waals surface area contributed by atoms with E-state index < -0.39 is 18.0 Å². The van der Waals surface area contributed by atoms with Crippen LogP contribution in [0.5, 0.6) is 5.75 Å². The third-order valence-corrected chi connectivity index (χ3v) is 2.51. The van der Waals surface area contributed by atoms with Crippen LogP contribution in [-0.4, -0.2) is 40.3 Å². The Morgan fingerprint density at radius 2 is 1.95 bits per heavy atom. The molecule has 0 saturated heterocycles. The molecule has 0 aliphatic rings. The maximum atomic E-state index is 11.6. The van der Waals surface area contributed by atoms with Crippen molar-refractivity contribution < 1.29 is 29.4 Å². The van der Waals surface area contributed by atoms with Gasteiger partial charge in [0.2, 0.25) is 0 Å². The number of aliphatic carboxylic acids is 1. The number of esters is 1. The molecule has 0 spiro atoms. The molecule has 1 aromatic rings. The molecule has 8 heteroatoms. The van der Waals surface area contributed by atoms with Crippen LogP contribution in [0.2, 0.25) is 0 Å². The number of rotatable bonds is 7. The van der Waals surface area contributed by atoms with Gasteiger partial charge in [-0.1, -0.05) is 5.16 Å². The van der Waals surface area contributed by atoms with Crippen LogP contribution >= 0.6 is 0 Å². The van der Waals surface area contributed by atoms with Gasteiger partial charge < -0.3 is 20.8 Å². The summed E-state index contributed by atoms with van der Waals surface area (Å²) in [6.07, 6.45) is 1.17. The lowest BCUT2D eigenvalue weighted by molar-refractivity contribution is -0.138. The summed E-state index contributed by atoms with van der Waals surface area (Å²) in [5.41, 5.74) is 5.50. The second-order valence-electron chi connectivity index (χ2n) is 4.04. The number of benzene rings is 1. The topological polar surface area (TPSA) is 139 Å². The van der Waals surface area contributed by atoms with E-state index in [1.165, 1.54) is 30.6 Å². The van der Waals surface area contributed by atoms with Crippen LogP contribution in [-0.2, 0) is 14.4 Å². The lowest BCUT2D eigenvalue weighted by Gasteiger charge is -2.10. The van der Waals surface area contributed by atoms with Gasteiger partial charge in [0, 0.05) is 12.0 Å². The van der Waals surface area contributed by atoms with Gasteiger partial charge in [-0.05, 0) is 30.7 Å². The summed E-state index contributed by atoms with van der Waals surface area (Å²) in [7, 11) is 0. The Balaban J connectivity index is 2.65. The lowest BCUT2D eigenvalue weighted by atomic mass is 10.1. The van der Waals surface area contributed by atoms with E-state index >= 15 is 0 Å². The minimum Gasteiger partial charge on any atom is -0.481 e. The van der Waals surface area contributed by atoms with Gasteiger partial charge in [0.05, 0.1) is 0 Å². The summed E-state index contributed by atoms with van der Waals surface area (Å²) in [5.74, 6) is -1.65. The van der Waals surface area contributed by atoms with Gasteiger partial charge in [0.25, 0.3) is 6.29 Å². The van der Waals surface area contributed by atoms with Crippen molar-refractivity contribution >= 4 is 23.9 Å². The Kier molecular flexibility index (Phi) is 6.02. The van der Waals surface area contributed by atoms with Gasteiger partial charge in [-0.3, -0.25) is 9.59 Å². The largest absolute Gasteiger partial charge is 0.481 e. The van der Waals surface area contributed by atoms with E-state index in [1.807, 2.05) is 0 Å². The average molecular weight is 293 g/mol. The van der Waals surface area contributed by atoms with E-state index in [2.05, 4.69) is 5.16 Å². The third-order valence-electron chi connectivity index (χ3n) is 2.51. The van der Waals surface area contributed by atoms with Crippen LogP contribution in [0.4, 0.5) is 0 Å². The van der Waals surface area contributed by atoms with Crippen LogP contribution in [0.15, 0.2) is 29.4 Å². The van der Waals surface area contributed by atoms with Crippen molar-refractivity contribution in [2.45, 2.75) is 18.9 Å². The first-order valence-corrected chi connectivity index (χ1v) is 5.87. The second kappa shape index (κ2) is 7.75. The molecule has 0 bridgehead atoms. The number of carbonyl (C=O) groups is 2. The second-order valence-corrected chi connectivity index (χ2v) is 4.04. The molecule has 0 heterocycles. The van der Waals surface area contributed by atoms with E-state index in [4.69, 9.17) is 20.8 Å². The molecule has 0 aliphatic heterocycles. The fraction of sp³-hybridized carbons (Fsp3) is 0.231. The van der Waals surface area contributed by atoms with Gasteiger partial charge >= 0.3 is 11.9 Å². The maximum Gasteiger partial charge on any atom is 0.328 e. The molecule has 8 nitrogen and oxygen atoms in total. The van der Waals surface area contributed by atoms with Gasteiger partial charge in [0.15, 0.2) is 5.71 Å². The van der Waals surface area contributed by atoms with E-state index in [1.54, 1.807) is 0 Å². The summed E-state index contributed by atoms with van der Waals surface area (Å²) in [6.45, 7) is 0. The highest BCUT2D eigenvalue weighted by Crippen LogP contribution is 2.13. The summed E-state index contributed by atoms with van der Waals surface area (Å²) in [6, 6.07) is 4.49. The van der Waals surface area contributed by atoms with Gasteiger partial charge in [0.1, 0.15) is 11.8 Å². The molecular formula is C13H13N2O6. The van der Waals surface area contributed by atoms with E-state index in [-0.39, 0.29) is 24.3 Å². The van der Waals surface area contributed by atoms with Crippen molar-refractivity contribution in [3.8, 4) is 5.75 Å². The van der Waals surface area contributed by atoms with Crippen LogP contribution < -0.4 is 10.5 Å². The number of hydrogen-bond acceptors (Lipinski definition) is 7. The molecule has 0 unspecified atom stereocenters. The standard InChI is InChI=1S/C13H13N2O6/c14-10(5-6-12(17)18)13(19)21-9-3-1-8(2-4-9)11(7-16)15-20/h1-4,10,20H,5-6,14H2,(H,17,18)/t10-/m1/s1. The molecule has 1 atom stereocenters. The Morgan fingerprint density at radius 3 is 2.43 bits per heavy atom. The first kappa shape index (κ1) is 16.3. The average Bonchev–Trinajstić information content (AvgIpc) is 2.47. The first-order chi connectivity index (χ1) is 9.97. The molecule has 4 N–H and O–H groups in total. The van der Waals surface area contributed by atoms with Crippen LogP contribution in [0.3, 0.4) is 0 Å². The summed E-state index contributed by atoms with van der Waals surface area (Å²) in [5, 5.41) is 19.8. The zero-order valence-electron chi connectivity index (χ0n) is 10.9. The molecule has 0 saturated carbocycles. The van der Waals surface area contributed by atoms with Crippen molar-refractivity contribution in [1.82, 2.24) is 0 Å². The summed E-state index contributed by atoms with van der Waals surface area (Å²) >= 11 is 0. The van der Waals surface area contributed by atoms with Crippen molar-refractivity contribution in [2.24, 2.45) is 10.9 Å². The SMILES string of the molecule is N[C@H](CCC(=O)O)C(=O)Oc1ccc(C([C]=O)=NO)cc1. The number of hydrogen-bond donors (Lipinski definition) is 3. The Hall–Kier alpha value is -2.74. The first-order valence-electron chi connectivity index (χ1n) is 5.87. The molecule has 0 aromatic heterocycles. The molecule has 0 fully saturated rings. The van der Waals surface area contributed by atoms with Crippen molar-refractivity contribution in [2.75, 3.05) is 0 Å². The number of ether oxygens (including phenoxy) is 1.